The number of para-hydroxylation sites is 1. The lowest BCUT2D eigenvalue weighted by Crippen LogP contribution is -2.28. The lowest BCUT2D eigenvalue weighted by Gasteiger charge is -2.18. The Morgan fingerprint density at radius 2 is 2.00 bits per heavy atom. The minimum atomic E-state index is -0.144. The fourth-order valence-electron chi connectivity index (χ4n) is 2.78. The van der Waals surface area contributed by atoms with Crippen LogP contribution in [0.2, 0.25) is 10.0 Å². The number of thioether (sulfide) groups is 1. The predicted octanol–water partition coefficient (Wildman–Crippen LogP) is 4.64. The molecule has 3 aromatic rings. The van der Waals surface area contributed by atoms with Crippen molar-refractivity contribution in [3.63, 3.8) is 0 Å². The van der Waals surface area contributed by atoms with Gasteiger partial charge in [0.05, 0.1) is 26.7 Å². The zero-order valence-corrected chi connectivity index (χ0v) is 18.1. The molecule has 0 atom stereocenters. The van der Waals surface area contributed by atoms with Crippen LogP contribution in [0.1, 0.15) is 5.56 Å². The molecule has 5 nitrogen and oxygen atoms in total. The van der Waals surface area contributed by atoms with Gasteiger partial charge in [-0.3, -0.25) is 14.2 Å². The summed E-state index contributed by atoms with van der Waals surface area (Å²) >= 11 is 13.2. The highest BCUT2D eigenvalue weighted by Crippen LogP contribution is 2.23. The molecule has 1 amide bonds. The first kappa shape index (κ1) is 21.4. The number of carbonyl (C=O) groups is 1. The van der Waals surface area contributed by atoms with Gasteiger partial charge < -0.3 is 4.90 Å². The van der Waals surface area contributed by atoms with Crippen molar-refractivity contribution in [3.8, 4) is 0 Å². The van der Waals surface area contributed by atoms with E-state index >= 15 is 0 Å². The zero-order valence-electron chi connectivity index (χ0n) is 15.8. The highest BCUT2D eigenvalue weighted by atomic mass is 35.5. The van der Waals surface area contributed by atoms with Gasteiger partial charge >= 0.3 is 0 Å². The Labute approximate surface area is 182 Å². The lowest BCUT2D eigenvalue weighted by atomic mass is 10.2. The van der Waals surface area contributed by atoms with Crippen LogP contribution in [0.5, 0.6) is 0 Å². The fourth-order valence-corrected chi connectivity index (χ4v) is 4.05. The van der Waals surface area contributed by atoms with Crippen LogP contribution in [0.3, 0.4) is 0 Å². The predicted molar refractivity (Wildman–Crippen MR) is 120 cm³/mol. The van der Waals surface area contributed by atoms with Gasteiger partial charge in [-0.2, -0.15) is 0 Å². The Balaban J connectivity index is 1.75. The van der Waals surface area contributed by atoms with Crippen LogP contribution in [0.4, 0.5) is 0 Å². The summed E-state index contributed by atoms with van der Waals surface area (Å²) in [5.74, 6) is 0.0633. The summed E-state index contributed by atoms with van der Waals surface area (Å²) < 4.78 is 1.53. The molecule has 0 N–H and O–H groups in total. The molecule has 3 rings (SSSR count). The number of hydrogen-bond acceptors (Lipinski definition) is 4. The second kappa shape index (κ2) is 9.48. The molecule has 0 aliphatic carbocycles. The Morgan fingerprint density at radius 1 is 1.24 bits per heavy atom. The third-order valence-corrected chi connectivity index (χ3v) is 5.99. The molecule has 0 bridgehead atoms. The molecule has 150 valence electrons. The Hall–Kier alpha value is -2.28. The minimum absolute atomic E-state index is 0.0892. The van der Waals surface area contributed by atoms with Crippen molar-refractivity contribution in [1.29, 1.82) is 0 Å². The van der Waals surface area contributed by atoms with Crippen molar-refractivity contribution >= 4 is 51.8 Å². The monoisotopic (exact) mass is 447 g/mol. The second-order valence-electron chi connectivity index (χ2n) is 6.40. The highest BCUT2D eigenvalue weighted by molar-refractivity contribution is 7.99. The lowest BCUT2D eigenvalue weighted by molar-refractivity contribution is -0.127. The van der Waals surface area contributed by atoms with Crippen LogP contribution in [-0.4, -0.2) is 33.2 Å². The molecule has 0 saturated heterocycles. The summed E-state index contributed by atoms with van der Waals surface area (Å²) in [5, 5.41) is 1.96. The topological polar surface area (TPSA) is 55.2 Å². The van der Waals surface area contributed by atoms with E-state index in [0.717, 1.165) is 5.56 Å². The maximum atomic E-state index is 12.8. The van der Waals surface area contributed by atoms with Crippen LogP contribution >= 0.6 is 35.0 Å². The molecule has 0 spiro atoms. The van der Waals surface area contributed by atoms with Gasteiger partial charge in [0.1, 0.15) is 0 Å². The zero-order chi connectivity index (χ0) is 21.0. The van der Waals surface area contributed by atoms with Crippen molar-refractivity contribution in [1.82, 2.24) is 14.5 Å². The summed E-state index contributed by atoms with van der Waals surface area (Å²) in [5.41, 5.74) is 1.35. The van der Waals surface area contributed by atoms with E-state index in [1.54, 1.807) is 48.4 Å². The van der Waals surface area contributed by atoms with Gasteiger partial charge in [0.2, 0.25) is 5.91 Å². The van der Waals surface area contributed by atoms with E-state index in [0.29, 0.717) is 39.2 Å². The maximum absolute atomic E-state index is 12.8. The Morgan fingerprint density at radius 3 is 2.72 bits per heavy atom. The van der Waals surface area contributed by atoms with Crippen LogP contribution in [0.25, 0.3) is 10.9 Å². The van der Waals surface area contributed by atoms with Gasteiger partial charge in [0.15, 0.2) is 5.16 Å². The molecule has 0 aliphatic heterocycles. The van der Waals surface area contributed by atoms with Gasteiger partial charge in [0, 0.05) is 20.1 Å². The number of halogens is 2. The number of nitrogens with zero attached hydrogens (tertiary/aromatic N) is 3. The van der Waals surface area contributed by atoms with Crippen LogP contribution in [-0.2, 0) is 17.9 Å². The summed E-state index contributed by atoms with van der Waals surface area (Å²) in [6.45, 7) is 4.44. The molecular formula is C21H19Cl2N3O2S. The van der Waals surface area contributed by atoms with E-state index in [1.807, 2.05) is 12.1 Å². The van der Waals surface area contributed by atoms with Gasteiger partial charge in [0.25, 0.3) is 5.56 Å². The third kappa shape index (κ3) is 5.01. The number of carbonyl (C=O) groups excluding carboxylic acids is 1. The highest BCUT2D eigenvalue weighted by Gasteiger charge is 2.15. The summed E-state index contributed by atoms with van der Waals surface area (Å²) in [6, 6.07) is 12.5. The standard InChI is InChI=1S/C21H19Cl2N3O2S/c1-3-10-26-20(28)15-6-4-5-7-18(15)24-21(26)29-13-19(27)25(2)12-14-8-9-16(22)17(23)11-14/h3-9,11H,1,10,12-13H2,2H3. The minimum Gasteiger partial charge on any atom is -0.341 e. The van der Waals surface area contributed by atoms with Gasteiger partial charge in [-0.25, -0.2) is 4.98 Å². The third-order valence-electron chi connectivity index (χ3n) is 4.29. The van der Waals surface area contributed by atoms with E-state index in [-0.39, 0.29) is 17.2 Å². The van der Waals surface area contributed by atoms with Gasteiger partial charge in [-0.05, 0) is 29.8 Å². The first-order chi connectivity index (χ1) is 13.9. The number of amides is 1. The number of aromatic nitrogens is 2. The van der Waals surface area contributed by atoms with Crippen molar-refractivity contribution in [2.45, 2.75) is 18.2 Å². The van der Waals surface area contributed by atoms with E-state index in [4.69, 9.17) is 23.2 Å². The molecule has 1 aromatic heterocycles. The fraction of sp³-hybridized carbons (Fsp3) is 0.190. The molecule has 2 aromatic carbocycles. The molecule has 29 heavy (non-hydrogen) atoms. The number of benzene rings is 2. The summed E-state index contributed by atoms with van der Waals surface area (Å²) in [4.78, 5) is 31.5. The van der Waals surface area contributed by atoms with E-state index < -0.39 is 0 Å². The van der Waals surface area contributed by atoms with E-state index in [1.165, 1.54) is 16.3 Å². The quantitative estimate of drug-likeness (QED) is 0.300. The molecule has 0 unspecified atom stereocenters. The molecule has 0 saturated carbocycles. The SMILES string of the molecule is C=CCn1c(SCC(=O)N(C)Cc2ccc(Cl)c(Cl)c2)nc2ccccc2c1=O. The first-order valence-electron chi connectivity index (χ1n) is 8.82. The van der Waals surface area contributed by atoms with Gasteiger partial charge in [-0.1, -0.05) is 59.2 Å². The summed E-state index contributed by atoms with van der Waals surface area (Å²) in [7, 11) is 1.72. The Bertz CT molecular complexity index is 1130. The van der Waals surface area contributed by atoms with Gasteiger partial charge in [-0.15, -0.1) is 6.58 Å². The van der Waals surface area contributed by atoms with E-state index in [2.05, 4.69) is 11.6 Å². The second-order valence-corrected chi connectivity index (χ2v) is 8.16. The van der Waals surface area contributed by atoms with Crippen molar-refractivity contribution in [2.75, 3.05) is 12.8 Å². The molecule has 0 radical (unpaired) electrons. The van der Waals surface area contributed by atoms with Crippen molar-refractivity contribution < 1.29 is 4.79 Å². The van der Waals surface area contributed by atoms with E-state index in [9.17, 15) is 9.59 Å². The van der Waals surface area contributed by atoms with Crippen molar-refractivity contribution in [3.05, 3.63) is 81.1 Å². The molecule has 0 fully saturated rings. The molecule has 8 heteroatoms. The first-order valence-corrected chi connectivity index (χ1v) is 10.6. The molecular weight excluding hydrogens is 429 g/mol. The molecule has 1 heterocycles. The number of allylic oxidation sites excluding steroid dienone is 1. The average molecular weight is 448 g/mol. The maximum Gasteiger partial charge on any atom is 0.262 e. The largest absolute Gasteiger partial charge is 0.341 e. The number of hydrogen-bond donors (Lipinski definition) is 0. The Kier molecular flexibility index (Phi) is 7.00. The van der Waals surface area contributed by atoms with Crippen LogP contribution in [0, 0.1) is 0 Å². The van der Waals surface area contributed by atoms with Crippen molar-refractivity contribution in [2.24, 2.45) is 0 Å². The number of fused-ring (bicyclic) bond motifs is 1. The normalized spacial score (nSPS) is 10.9. The molecule has 0 aliphatic rings. The van der Waals surface area contributed by atoms with Crippen LogP contribution < -0.4 is 5.56 Å². The number of rotatable bonds is 7. The van der Waals surface area contributed by atoms with Crippen LogP contribution in [0.15, 0.2) is 65.1 Å². The average Bonchev–Trinajstić information content (AvgIpc) is 2.71. The smallest absolute Gasteiger partial charge is 0.262 e. The summed E-state index contributed by atoms with van der Waals surface area (Å²) in [6.07, 6.45) is 1.64.